The Labute approximate surface area is 192 Å². The summed E-state index contributed by atoms with van der Waals surface area (Å²) in [5.74, 6) is -0.427. The number of esters is 1. The summed E-state index contributed by atoms with van der Waals surface area (Å²) in [6, 6.07) is 6.88. The van der Waals surface area contributed by atoms with Gasteiger partial charge in [-0.25, -0.2) is 4.79 Å². The average Bonchev–Trinajstić information content (AvgIpc) is 3.32. The van der Waals surface area contributed by atoms with Gasteiger partial charge in [0.2, 0.25) is 0 Å². The molecule has 0 aliphatic rings. The molecule has 0 spiro atoms. The molecule has 0 fully saturated rings. The van der Waals surface area contributed by atoms with E-state index >= 15 is 0 Å². The number of nitrogens with zero attached hydrogens (tertiary/aromatic N) is 1. The number of ether oxygens (including phenoxy) is 2. The van der Waals surface area contributed by atoms with Gasteiger partial charge < -0.3 is 19.2 Å². The van der Waals surface area contributed by atoms with Crippen LogP contribution in [-0.4, -0.2) is 23.4 Å². The molecule has 0 saturated carbocycles. The zero-order chi connectivity index (χ0) is 23.4. The Balaban J connectivity index is 1.69. The highest BCUT2D eigenvalue weighted by atomic mass is 35.5. The number of hydrogen-bond acceptors (Lipinski definition) is 8. The first-order valence-electron chi connectivity index (χ1n) is 9.45. The maximum absolute atomic E-state index is 12.6. The number of thiophene rings is 1. The Hall–Kier alpha value is -3.37. The van der Waals surface area contributed by atoms with Crippen molar-refractivity contribution in [2.45, 2.75) is 27.4 Å². The number of amides is 1. The molecular formula is C21H19ClN2O7S. The highest BCUT2D eigenvalue weighted by Crippen LogP contribution is 2.33. The predicted molar refractivity (Wildman–Crippen MR) is 119 cm³/mol. The molecule has 0 radical (unpaired) electrons. The molecule has 9 nitrogen and oxygen atoms in total. The van der Waals surface area contributed by atoms with Crippen molar-refractivity contribution in [2.75, 3.05) is 11.9 Å². The van der Waals surface area contributed by atoms with Gasteiger partial charge in [0.15, 0.2) is 5.76 Å². The van der Waals surface area contributed by atoms with Crippen molar-refractivity contribution in [2.24, 2.45) is 0 Å². The number of furan rings is 1. The number of nitrogens with one attached hydrogen (secondary N) is 1. The van der Waals surface area contributed by atoms with Crippen LogP contribution in [0.15, 0.2) is 34.7 Å². The summed E-state index contributed by atoms with van der Waals surface area (Å²) in [6.07, 6.45) is 0. The lowest BCUT2D eigenvalue weighted by molar-refractivity contribution is -0.384. The lowest BCUT2D eigenvalue weighted by Crippen LogP contribution is -2.14. The van der Waals surface area contributed by atoms with Crippen molar-refractivity contribution in [3.63, 3.8) is 0 Å². The van der Waals surface area contributed by atoms with Gasteiger partial charge in [0.25, 0.3) is 11.6 Å². The Bertz CT molecular complexity index is 1190. The summed E-state index contributed by atoms with van der Waals surface area (Å²) in [5.41, 5.74) is 0.920. The number of hydrogen-bond donors (Lipinski definition) is 1. The highest BCUT2D eigenvalue weighted by Gasteiger charge is 2.23. The van der Waals surface area contributed by atoms with Gasteiger partial charge in [0.1, 0.15) is 23.1 Å². The third-order valence-electron chi connectivity index (χ3n) is 4.47. The number of carbonyl (C=O) groups is 2. The van der Waals surface area contributed by atoms with Crippen molar-refractivity contribution >= 4 is 45.5 Å². The number of benzene rings is 1. The lowest BCUT2D eigenvalue weighted by Gasteiger charge is -2.07. The Morgan fingerprint density at radius 2 is 2.00 bits per heavy atom. The fourth-order valence-corrected chi connectivity index (χ4v) is 4.05. The second-order valence-corrected chi connectivity index (χ2v) is 8.22. The molecule has 3 aromatic rings. The number of nitro groups is 1. The average molecular weight is 479 g/mol. The van der Waals surface area contributed by atoms with Crippen LogP contribution in [-0.2, 0) is 11.3 Å². The summed E-state index contributed by atoms with van der Waals surface area (Å²) in [4.78, 5) is 36.0. The summed E-state index contributed by atoms with van der Waals surface area (Å²) < 4.78 is 16.1. The third-order valence-corrected chi connectivity index (χ3v) is 5.89. The van der Waals surface area contributed by atoms with Crippen molar-refractivity contribution in [1.29, 1.82) is 0 Å². The first-order valence-corrected chi connectivity index (χ1v) is 10.6. The van der Waals surface area contributed by atoms with Gasteiger partial charge in [-0.2, -0.15) is 0 Å². The van der Waals surface area contributed by atoms with Crippen molar-refractivity contribution in [3.8, 4) is 5.75 Å². The van der Waals surface area contributed by atoms with Gasteiger partial charge >= 0.3 is 5.97 Å². The van der Waals surface area contributed by atoms with Gasteiger partial charge in [-0.3, -0.25) is 14.9 Å². The Morgan fingerprint density at radius 3 is 2.66 bits per heavy atom. The highest BCUT2D eigenvalue weighted by molar-refractivity contribution is 7.16. The van der Waals surface area contributed by atoms with Crippen LogP contribution in [0, 0.1) is 24.0 Å². The second-order valence-electron chi connectivity index (χ2n) is 6.59. The van der Waals surface area contributed by atoms with E-state index in [-0.39, 0.29) is 35.4 Å². The quantitative estimate of drug-likeness (QED) is 0.256. The van der Waals surface area contributed by atoms with Gasteiger partial charge in [-0.15, -0.1) is 11.3 Å². The van der Waals surface area contributed by atoms with Gasteiger partial charge in [-0.1, -0.05) is 11.6 Å². The Morgan fingerprint density at radius 1 is 1.25 bits per heavy atom. The van der Waals surface area contributed by atoms with Gasteiger partial charge in [0.05, 0.1) is 22.1 Å². The lowest BCUT2D eigenvalue weighted by atomic mass is 10.1. The summed E-state index contributed by atoms with van der Waals surface area (Å²) >= 11 is 7.28. The molecule has 1 amide bonds. The van der Waals surface area contributed by atoms with E-state index < -0.39 is 16.8 Å². The van der Waals surface area contributed by atoms with Crippen LogP contribution in [0.4, 0.5) is 10.7 Å². The Kier molecular flexibility index (Phi) is 7.16. The van der Waals surface area contributed by atoms with Crippen LogP contribution >= 0.6 is 22.9 Å². The molecule has 0 saturated heterocycles. The van der Waals surface area contributed by atoms with E-state index in [4.69, 9.17) is 25.5 Å². The molecule has 0 bridgehead atoms. The molecule has 0 unspecified atom stereocenters. The van der Waals surface area contributed by atoms with E-state index in [2.05, 4.69) is 5.32 Å². The molecule has 1 aromatic carbocycles. The predicted octanol–water partition coefficient (Wildman–Crippen LogP) is 5.53. The topological polar surface area (TPSA) is 121 Å². The fraction of sp³-hybridized carbons (Fsp3) is 0.238. The normalized spacial score (nSPS) is 10.6. The van der Waals surface area contributed by atoms with Crippen molar-refractivity contribution in [3.05, 3.63) is 73.0 Å². The SMILES string of the molecule is CCOC(=O)c1c(NC(=O)c2ccc(COc3ccc([N+](=O)[O-])cc3Cl)o2)sc(C)c1C. The van der Waals surface area contributed by atoms with E-state index in [0.29, 0.717) is 16.3 Å². The zero-order valence-corrected chi connectivity index (χ0v) is 19.0. The van der Waals surface area contributed by atoms with E-state index in [9.17, 15) is 19.7 Å². The maximum atomic E-state index is 12.6. The number of halogens is 1. The number of nitro benzene ring substituents is 1. The largest absolute Gasteiger partial charge is 0.484 e. The molecule has 2 heterocycles. The van der Waals surface area contributed by atoms with E-state index in [0.717, 1.165) is 10.4 Å². The second kappa shape index (κ2) is 9.84. The minimum absolute atomic E-state index is 0.0249. The molecule has 168 valence electrons. The van der Waals surface area contributed by atoms with Crippen LogP contribution in [0.25, 0.3) is 0 Å². The van der Waals surface area contributed by atoms with E-state index in [1.165, 1.54) is 35.6 Å². The minimum Gasteiger partial charge on any atom is -0.484 e. The summed E-state index contributed by atoms with van der Waals surface area (Å²) in [6.45, 7) is 5.53. The number of rotatable bonds is 8. The van der Waals surface area contributed by atoms with E-state index in [1.807, 2.05) is 6.92 Å². The van der Waals surface area contributed by atoms with Crippen molar-refractivity contribution in [1.82, 2.24) is 0 Å². The van der Waals surface area contributed by atoms with Gasteiger partial charge in [0, 0.05) is 17.0 Å². The van der Waals surface area contributed by atoms with Crippen LogP contribution in [0.1, 0.15) is 44.0 Å². The molecule has 3 rings (SSSR count). The smallest absolute Gasteiger partial charge is 0.341 e. The number of non-ortho nitro benzene ring substituents is 1. The molecule has 0 aliphatic carbocycles. The maximum Gasteiger partial charge on any atom is 0.341 e. The molecule has 0 atom stereocenters. The summed E-state index contributed by atoms with van der Waals surface area (Å²) in [5, 5.41) is 13.9. The van der Waals surface area contributed by atoms with Crippen LogP contribution < -0.4 is 10.1 Å². The monoisotopic (exact) mass is 478 g/mol. The number of aryl methyl sites for hydroxylation is 1. The molecule has 1 N–H and O–H groups in total. The molecule has 0 aliphatic heterocycles. The fourth-order valence-electron chi connectivity index (χ4n) is 2.78. The van der Waals surface area contributed by atoms with Gasteiger partial charge in [-0.05, 0) is 44.5 Å². The van der Waals surface area contributed by atoms with Crippen LogP contribution in [0.5, 0.6) is 5.75 Å². The zero-order valence-electron chi connectivity index (χ0n) is 17.4. The number of anilines is 1. The van der Waals surface area contributed by atoms with E-state index in [1.54, 1.807) is 19.9 Å². The van der Waals surface area contributed by atoms with Crippen LogP contribution in [0.3, 0.4) is 0 Å². The standard InChI is InChI=1S/C21H19ClN2O7S/c1-4-29-21(26)18-11(2)12(3)32-20(18)23-19(25)17-8-6-14(31-17)10-30-16-7-5-13(24(27)28)9-15(16)22/h5-9H,4,10H2,1-3H3,(H,23,25). The summed E-state index contributed by atoms with van der Waals surface area (Å²) in [7, 11) is 0. The third kappa shape index (κ3) is 5.09. The molecule has 11 heteroatoms. The molecule has 32 heavy (non-hydrogen) atoms. The first kappa shape index (κ1) is 23.3. The van der Waals surface area contributed by atoms with Crippen molar-refractivity contribution < 1.29 is 28.4 Å². The first-order chi connectivity index (χ1) is 15.2. The molecule has 2 aromatic heterocycles. The van der Waals surface area contributed by atoms with Crippen LogP contribution in [0.2, 0.25) is 5.02 Å². The number of carbonyl (C=O) groups excluding carboxylic acids is 2. The minimum atomic E-state index is -0.559. The molecular weight excluding hydrogens is 460 g/mol.